The van der Waals surface area contributed by atoms with E-state index in [9.17, 15) is 0 Å². The summed E-state index contributed by atoms with van der Waals surface area (Å²) in [7, 11) is 2.05. The molecule has 1 heterocycles. The quantitative estimate of drug-likeness (QED) is 0.782. The molecular formula is C15H16BrClN2. The van der Waals surface area contributed by atoms with Crippen LogP contribution in [0.3, 0.4) is 0 Å². The van der Waals surface area contributed by atoms with Crippen LogP contribution < -0.4 is 4.90 Å². The van der Waals surface area contributed by atoms with Crippen molar-refractivity contribution in [2.75, 3.05) is 11.9 Å². The molecule has 0 aliphatic rings. The normalized spacial score (nSPS) is 12.3. The van der Waals surface area contributed by atoms with Crippen LogP contribution in [0.1, 0.15) is 24.1 Å². The second-order valence-electron chi connectivity index (χ2n) is 4.64. The van der Waals surface area contributed by atoms with Gasteiger partial charge in [-0.2, -0.15) is 0 Å². The van der Waals surface area contributed by atoms with Crippen molar-refractivity contribution >= 4 is 33.3 Å². The zero-order valence-corrected chi connectivity index (χ0v) is 13.5. The lowest BCUT2D eigenvalue weighted by Crippen LogP contribution is -2.23. The van der Waals surface area contributed by atoms with Crippen LogP contribution in [0.4, 0.5) is 5.82 Å². The zero-order chi connectivity index (χ0) is 14.0. The Bertz CT molecular complexity index is 586. The highest BCUT2D eigenvalue weighted by atomic mass is 79.9. The number of hydrogen-bond acceptors (Lipinski definition) is 2. The average molecular weight is 340 g/mol. The van der Waals surface area contributed by atoms with Crippen molar-refractivity contribution in [1.82, 2.24) is 4.98 Å². The van der Waals surface area contributed by atoms with E-state index in [-0.39, 0.29) is 6.04 Å². The van der Waals surface area contributed by atoms with Gasteiger partial charge < -0.3 is 4.90 Å². The molecule has 0 radical (unpaired) electrons. The molecule has 0 spiro atoms. The van der Waals surface area contributed by atoms with E-state index < -0.39 is 0 Å². The average Bonchev–Trinajstić information content (AvgIpc) is 2.37. The highest BCUT2D eigenvalue weighted by Crippen LogP contribution is 2.28. The Morgan fingerprint density at radius 3 is 2.68 bits per heavy atom. The molecule has 2 nitrogen and oxygen atoms in total. The van der Waals surface area contributed by atoms with E-state index in [0.29, 0.717) is 0 Å². The van der Waals surface area contributed by atoms with Gasteiger partial charge in [0.15, 0.2) is 0 Å². The van der Waals surface area contributed by atoms with Gasteiger partial charge in [0.25, 0.3) is 0 Å². The summed E-state index contributed by atoms with van der Waals surface area (Å²) in [4.78, 5) is 6.65. The molecule has 0 aliphatic heterocycles. The fourth-order valence-corrected chi connectivity index (χ4v) is 2.72. The number of rotatable bonds is 3. The van der Waals surface area contributed by atoms with Crippen LogP contribution in [0, 0.1) is 6.92 Å². The maximum absolute atomic E-state index is 6.05. The summed E-state index contributed by atoms with van der Waals surface area (Å²) >= 11 is 9.49. The zero-order valence-electron chi connectivity index (χ0n) is 11.2. The SMILES string of the molecule is Cc1cc(Br)cnc1N(C)C(C)c1cccc(Cl)c1. The number of hydrogen-bond donors (Lipinski definition) is 0. The lowest BCUT2D eigenvalue weighted by Gasteiger charge is -2.27. The molecule has 0 N–H and O–H groups in total. The topological polar surface area (TPSA) is 16.1 Å². The molecule has 100 valence electrons. The first-order chi connectivity index (χ1) is 8.99. The lowest BCUT2D eigenvalue weighted by atomic mass is 10.1. The van der Waals surface area contributed by atoms with Gasteiger partial charge in [0, 0.05) is 22.7 Å². The summed E-state index contributed by atoms with van der Waals surface area (Å²) in [5.41, 5.74) is 2.32. The Morgan fingerprint density at radius 1 is 1.32 bits per heavy atom. The summed E-state index contributed by atoms with van der Waals surface area (Å²) in [5.74, 6) is 0.982. The van der Waals surface area contributed by atoms with Crippen molar-refractivity contribution in [3.05, 3.63) is 57.2 Å². The highest BCUT2D eigenvalue weighted by molar-refractivity contribution is 9.10. The lowest BCUT2D eigenvalue weighted by molar-refractivity contribution is 0.726. The van der Waals surface area contributed by atoms with Gasteiger partial charge >= 0.3 is 0 Å². The molecule has 1 aromatic carbocycles. The molecule has 0 bridgehead atoms. The molecule has 0 fully saturated rings. The standard InChI is InChI=1S/C15H16BrClN2/c1-10-7-13(16)9-18-15(10)19(3)11(2)12-5-4-6-14(17)8-12/h4-9,11H,1-3H3. The molecule has 2 aromatic rings. The molecule has 0 aliphatic carbocycles. The number of benzene rings is 1. The Balaban J connectivity index is 2.30. The predicted octanol–water partition coefficient (Wildman–Crippen LogP) is 5.00. The largest absolute Gasteiger partial charge is 0.353 e. The van der Waals surface area contributed by atoms with Gasteiger partial charge in [0.1, 0.15) is 5.82 Å². The third-order valence-electron chi connectivity index (χ3n) is 3.26. The van der Waals surface area contributed by atoms with E-state index >= 15 is 0 Å². The van der Waals surface area contributed by atoms with Gasteiger partial charge in [-0.25, -0.2) is 4.98 Å². The monoisotopic (exact) mass is 338 g/mol. The van der Waals surface area contributed by atoms with Gasteiger partial charge in [-0.05, 0) is 59.1 Å². The fourth-order valence-electron chi connectivity index (χ4n) is 2.08. The van der Waals surface area contributed by atoms with Crippen molar-refractivity contribution < 1.29 is 0 Å². The third kappa shape index (κ3) is 3.28. The summed E-state index contributed by atoms with van der Waals surface area (Å²) in [5, 5.41) is 0.762. The van der Waals surface area contributed by atoms with Crippen molar-refractivity contribution in [3.8, 4) is 0 Å². The summed E-state index contributed by atoms with van der Waals surface area (Å²) in [6, 6.07) is 10.2. The predicted molar refractivity (Wildman–Crippen MR) is 84.9 cm³/mol. The first-order valence-electron chi connectivity index (χ1n) is 6.09. The maximum atomic E-state index is 6.05. The smallest absolute Gasteiger partial charge is 0.131 e. The number of aromatic nitrogens is 1. The number of pyridine rings is 1. The fraction of sp³-hybridized carbons (Fsp3) is 0.267. The first kappa shape index (κ1) is 14.4. The second-order valence-corrected chi connectivity index (χ2v) is 5.99. The number of nitrogens with zero attached hydrogens (tertiary/aromatic N) is 2. The molecule has 2 rings (SSSR count). The van der Waals surface area contributed by atoms with Crippen molar-refractivity contribution in [2.24, 2.45) is 0 Å². The molecule has 0 saturated heterocycles. The molecule has 19 heavy (non-hydrogen) atoms. The number of aryl methyl sites for hydroxylation is 1. The van der Waals surface area contributed by atoms with E-state index in [1.807, 2.05) is 24.4 Å². The molecule has 1 unspecified atom stereocenters. The van der Waals surface area contributed by atoms with Crippen molar-refractivity contribution in [3.63, 3.8) is 0 Å². The minimum Gasteiger partial charge on any atom is -0.353 e. The van der Waals surface area contributed by atoms with E-state index in [2.05, 4.69) is 58.8 Å². The van der Waals surface area contributed by atoms with Crippen LogP contribution in [0.25, 0.3) is 0 Å². The van der Waals surface area contributed by atoms with E-state index in [4.69, 9.17) is 11.6 Å². The van der Waals surface area contributed by atoms with Crippen molar-refractivity contribution in [2.45, 2.75) is 19.9 Å². The van der Waals surface area contributed by atoms with Crippen LogP contribution in [0.5, 0.6) is 0 Å². The van der Waals surface area contributed by atoms with Gasteiger partial charge in [-0.15, -0.1) is 0 Å². The molecular weight excluding hydrogens is 324 g/mol. The second kappa shape index (κ2) is 5.93. The van der Waals surface area contributed by atoms with Gasteiger partial charge in [-0.3, -0.25) is 0 Å². The minimum absolute atomic E-state index is 0.214. The third-order valence-corrected chi connectivity index (χ3v) is 3.93. The Labute approximate surface area is 127 Å². The van der Waals surface area contributed by atoms with Crippen molar-refractivity contribution in [1.29, 1.82) is 0 Å². The molecule has 1 aromatic heterocycles. The number of halogens is 2. The summed E-state index contributed by atoms with van der Waals surface area (Å²) in [6.07, 6.45) is 1.82. The van der Waals surface area contributed by atoms with Gasteiger partial charge in [-0.1, -0.05) is 23.7 Å². The summed E-state index contributed by atoms with van der Waals surface area (Å²) < 4.78 is 0.998. The Morgan fingerprint density at radius 2 is 2.05 bits per heavy atom. The maximum Gasteiger partial charge on any atom is 0.131 e. The molecule has 0 amide bonds. The first-order valence-corrected chi connectivity index (χ1v) is 7.26. The van der Waals surface area contributed by atoms with Crippen LogP contribution in [-0.4, -0.2) is 12.0 Å². The summed E-state index contributed by atoms with van der Waals surface area (Å²) in [6.45, 7) is 4.21. The molecule has 4 heteroatoms. The Kier molecular flexibility index (Phi) is 4.48. The van der Waals surface area contributed by atoms with E-state index in [1.54, 1.807) is 0 Å². The highest BCUT2D eigenvalue weighted by Gasteiger charge is 2.15. The van der Waals surface area contributed by atoms with E-state index in [1.165, 1.54) is 5.56 Å². The number of anilines is 1. The minimum atomic E-state index is 0.214. The van der Waals surface area contributed by atoms with Gasteiger partial charge in [0.2, 0.25) is 0 Å². The molecule has 1 atom stereocenters. The van der Waals surface area contributed by atoms with Crippen LogP contribution >= 0.6 is 27.5 Å². The van der Waals surface area contributed by atoms with Crippen LogP contribution in [0.15, 0.2) is 41.0 Å². The van der Waals surface area contributed by atoms with Crippen LogP contribution in [-0.2, 0) is 0 Å². The van der Waals surface area contributed by atoms with E-state index in [0.717, 1.165) is 20.9 Å². The molecule has 0 saturated carbocycles. The van der Waals surface area contributed by atoms with Gasteiger partial charge in [0.05, 0.1) is 6.04 Å². The van der Waals surface area contributed by atoms with Crippen LogP contribution in [0.2, 0.25) is 5.02 Å². The Hall–Kier alpha value is -1.06.